The molecule has 0 saturated heterocycles. The van der Waals surface area contributed by atoms with Gasteiger partial charge in [0.25, 0.3) is 0 Å². The van der Waals surface area contributed by atoms with E-state index in [0.29, 0.717) is 13.6 Å². The molecule has 2 aromatic rings. The number of hydrogen-bond acceptors (Lipinski definition) is 5. The molecule has 2 aliphatic rings. The van der Waals surface area contributed by atoms with E-state index in [4.69, 9.17) is 18.9 Å². The number of rotatable bonds is 6. The van der Waals surface area contributed by atoms with Gasteiger partial charge in [0.15, 0.2) is 23.0 Å². The molecule has 5 nitrogen and oxygen atoms in total. The van der Waals surface area contributed by atoms with Crippen molar-refractivity contribution in [3.63, 3.8) is 0 Å². The minimum Gasteiger partial charge on any atom is -0.454 e. The Kier molecular flexibility index (Phi) is 3.94. The van der Waals surface area contributed by atoms with Gasteiger partial charge in [0, 0.05) is 0 Å². The Morgan fingerprint density at radius 1 is 0.652 bits per heavy atom. The Balaban J connectivity index is 1.22. The fourth-order valence-corrected chi connectivity index (χ4v) is 2.78. The number of benzene rings is 2. The summed E-state index contributed by atoms with van der Waals surface area (Å²) in [5.74, 6) is 3.37. The molecule has 23 heavy (non-hydrogen) atoms. The molecule has 4 rings (SSSR count). The first kappa shape index (κ1) is 14.2. The third-order valence-corrected chi connectivity index (χ3v) is 4.05. The van der Waals surface area contributed by atoms with E-state index in [2.05, 4.69) is 29.6 Å². The van der Waals surface area contributed by atoms with Crippen molar-refractivity contribution in [2.75, 3.05) is 26.7 Å². The maximum Gasteiger partial charge on any atom is 0.231 e. The number of ether oxygens (including phenoxy) is 4. The van der Waals surface area contributed by atoms with Gasteiger partial charge in [0.1, 0.15) is 0 Å². The molecule has 0 unspecified atom stereocenters. The van der Waals surface area contributed by atoms with Crippen molar-refractivity contribution in [2.24, 2.45) is 0 Å². The molecule has 0 fully saturated rings. The van der Waals surface area contributed by atoms with Crippen LogP contribution in [0.25, 0.3) is 0 Å². The van der Waals surface area contributed by atoms with Crippen LogP contribution in [0, 0.1) is 0 Å². The predicted molar refractivity (Wildman–Crippen MR) is 85.4 cm³/mol. The average molecular weight is 313 g/mol. The summed E-state index contributed by atoms with van der Waals surface area (Å²) in [5.41, 5.74) is 2.51. The average Bonchev–Trinajstić information content (AvgIpc) is 3.22. The Bertz CT molecular complexity index is 642. The Hall–Kier alpha value is -2.40. The summed E-state index contributed by atoms with van der Waals surface area (Å²) in [6, 6.07) is 12.2. The summed E-state index contributed by atoms with van der Waals surface area (Å²) in [7, 11) is 0. The molecular weight excluding hydrogens is 294 g/mol. The smallest absolute Gasteiger partial charge is 0.231 e. The Morgan fingerprint density at radius 2 is 1.13 bits per heavy atom. The highest BCUT2D eigenvalue weighted by molar-refractivity contribution is 5.45. The lowest BCUT2D eigenvalue weighted by Gasteiger charge is -2.07. The lowest BCUT2D eigenvalue weighted by molar-refractivity contribution is 0.173. The third kappa shape index (κ3) is 3.19. The number of fused-ring (bicyclic) bond motifs is 2. The minimum atomic E-state index is 0.326. The van der Waals surface area contributed by atoms with Crippen molar-refractivity contribution in [1.29, 1.82) is 0 Å². The highest BCUT2D eigenvalue weighted by atomic mass is 16.7. The monoisotopic (exact) mass is 313 g/mol. The van der Waals surface area contributed by atoms with Crippen LogP contribution in [0.5, 0.6) is 23.0 Å². The summed E-state index contributed by atoms with van der Waals surface area (Å²) in [4.78, 5) is 0. The molecule has 1 N–H and O–H groups in total. The van der Waals surface area contributed by atoms with Gasteiger partial charge in [-0.25, -0.2) is 0 Å². The normalized spacial score (nSPS) is 14.3. The van der Waals surface area contributed by atoms with Gasteiger partial charge in [-0.05, 0) is 61.3 Å². The summed E-state index contributed by atoms with van der Waals surface area (Å²) in [5, 5.41) is 3.47. The second-order valence-electron chi connectivity index (χ2n) is 5.63. The van der Waals surface area contributed by atoms with Crippen LogP contribution in [0.3, 0.4) is 0 Å². The zero-order chi connectivity index (χ0) is 15.5. The van der Waals surface area contributed by atoms with Crippen molar-refractivity contribution in [3.8, 4) is 23.0 Å². The van der Waals surface area contributed by atoms with Gasteiger partial charge < -0.3 is 24.3 Å². The van der Waals surface area contributed by atoms with Crippen LogP contribution in [0.1, 0.15) is 11.1 Å². The maximum atomic E-state index is 5.40. The summed E-state index contributed by atoms with van der Waals surface area (Å²) >= 11 is 0. The van der Waals surface area contributed by atoms with Crippen LogP contribution in [0.15, 0.2) is 36.4 Å². The van der Waals surface area contributed by atoms with E-state index in [1.165, 1.54) is 11.1 Å². The van der Waals surface area contributed by atoms with Crippen molar-refractivity contribution in [1.82, 2.24) is 5.32 Å². The van der Waals surface area contributed by atoms with Gasteiger partial charge in [-0.1, -0.05) is 12.1 Å². The molecule has 0 atom stereocenters. The summed E-state index contributed by atoms with van der Waals surface area (Å²) in [6.45, 7) is 2.52. The zero-order valence-corrected chi connectivity index (χ0v) is 12.8. The molecular formula is C18H19NO4. The second kappa shape index (κ2) is 6.38. The molecule has 0 spiro atoms. The van der Waals surface area contributed by atoms with Crippen LogP contribution >= 0.6 is 0 Å². The first-order valence-corrected chi connectivity index (χ1v) is 7.86. The van der Waals surface area contributed by atoms with Crippen molar-refractivity contribution < 1.29 is 18.9 Å². The number of nitrogens with one attached hydrogen (secondary N) is 1. The molecule has 2 aromatic carbocycles. The maximum absolute atomic E-state index is 5.40. The largest absolute Gasteiger partial charge is 0.454 e. The van der Waals surface area contributed by atoms with Gasteiger partial charge in [0.2, 0.25) is 13.6 Å². The van der Waals surface area contributed by atoms with E-state index >= 15 is 0 Å². The molecule has 2 aliphatic heterocycles. The van der Waals surface area contributed by atoms with Gasteiger partial charge in [0.05, 0.1) is 0 Å². The van der Waals surface area contributed by atoms with E-state index in [-0.39, 0.29) is 0 Å². The van der Waals surface area contributed by atoms with Crippen LogP contribution in [-0.2, 0) is 12.8 Å². The van der Waals surface area contributed by atoms with Gasteiger partial charge >= 0.3 is 0 Å². The van der Waals surface area contributed by atoms with Crippen molar-refractivity contribution >= 4 is 0 Å². The topological polar surface area (TPSA) is 49.0 Å². The van der Waals surface area contributed by atoms with E-state index in [1.54, 1.807) is 0 Å². The Morgan fingerprint density at radius 3 is 1.65 bits per heavy atom. The lowest BCUT2D eigenvalue weighted by Crippen LogP contribution is -2.20. The fraction of sp³-hybridized carbons (Fsp3) is 0.333. The highest BCUT2D eigenvalue weighted by Gasteiger charge is 2.13. The van der Waals surface area contributed by atoms with Crippen LogP contribution in [0.2, 0.25) is 0 Å². The zero-order valence-electron chi connectivity index (χ0n) is 12.8. The second-order valence-corrected chi connectivity index (χ2v) is 5.63. The van der Waals surface area contributed by atoms with Crippen LogP contribution in [-0.4, -0.2) is 26.7 Å². The number of hydrogen-bond donors (Lipinski definition) is 1. The Labute approximate surface area is 135 Å². The van der Waals surface area contributed by atoms with Crippen molar-refractivity contribution in [2.45, 2.75) is 12.8 Å². The SMILES string of the molecule is c1cc2c(cc1CCNCCc1ccc3c(c1)OCO3)OCO2. The van der Waals surface area contributed by atoms with E-state index < -0.39 is 0 Å². The quantitative estimate of drug-likeness (QED) is 0.831. The molecule has 0 radical (unpaired) electrons. The first-order valence-electron chi connectivity index (χ1n) is 7.86. The van der Waals surface area contributed by atoms with Crippen molar-refractivity contribution in [3.05, 3.63) is 47.5 Å². The third-order valence-electron chi connectivity index (χ3n) is 4.05. The molecule has 120 valence electrons. The van der Waals surface area contributed by atoms with E-state index in [0.717, 1.165) is 48.9 Å². The molecule has 0 amide bonds. The molecule has 0 saturated carbocycles. The van der Waals surface area contributed by atoms with Gasteiger partial charge in [-0.15, -0.1) is 0 Å². The molecule has 0 bridgehead atoms. The van der Waals surface area contributed by atoms with E-state index in [9.17, 15) is 0 Å². The predicted octanol–water partition coefficient (Wildman–Crippen LogP) is 2.52. The molecule has 0 aromatic heterocycles. The minimum absolute atomic E-state index is 0.326. The lowest BCUT2D eigenvalue weighted by atomic mass is 10.1. The van der Waals surface area contributed by atoms with Crippen LogP contribution < -0.4 is 24.3 Å². The standard InChI is InChI=1S/C18H19NO4/c1-3-15-17(22-11-20-15)9-13(1)5-7-19-8-6-14-2-4-16-18(10-14)23-12-21-16/h1-4,9-10,19H,5-8,11-12H2. The van der Waals surface area contributed by atoms with Gasteiger partial charge in [-0.3, -0.25) is 0 Å². The summed E-state index contributed by atoms with van der Waals surface area (Å²) < 4.78 is 21.4. The molecule has 2 heterocycles. The molecule has 5 heteroatoms. The summed E-state index contributed by atoms with van der Waals surface area (Å²) in [6.07, 6.45) is 1.94. The van der Waals surface area contributed by atoms with E-state index in [1.807, 2.05) is 12.1 Å². The highest BCUT2D eigenvalue weighted by Crippen LogP contribution is 2.33. The fourth-order valence-electron chi connectivity index (χ4n) is 2.78. The molecule has 0 aliphatic carbocycles. The first-order chi connectivity index (χ1) is 11.4. The van der Waals surface area contributed by atoms with Gasteiger partial charge in [-0.2, -0.15) is 0 Å². The van der Waals surface area contributed by atoms with Crippen LogP contribution in [0.4, 0.5) is 0 Å².